The average molecular weight is 376 g/mol. The van der Waals surface area contributed by atoms with E-state index in [1.54, 1.807) is 0 Å². The maximum atomic E-state index is 12.3. The van der Waals surface area contributed by atoms with Crippen molar-refractivity contribution in [3.63, 3.8) is 0 Å². The van der Waals surface area contributed by atoms with Crippen molar-refractivity contribution in [3.8, 4) is 11.3 Å². The third kappa shape index (κ3) is 2.76. The van der Waals surface area contributed by atoms with E-state index in [0.29, 0.717) is 6.42 Å². The Balaban J connectivity index is 2.03. The van der Waals surface area contributed by atoms with E-state index in [9.17, 15) is 4.79 Å². The van der Waals surface area contributed by atoms with Gasteiger partial charge in [-0.05, 0) is 35.1 Å². The molecule has 0 N–H and O–H groups in total. The van der Waals surface area contributed by atoms with Crippen molar-refractivity contribution in [3.05, 3.63) is 59.2 Å². The van der Waals surface area contributed by atoms with Crippen LogP contribution in [0.25, 0.3) is 22.2 Å². The van der Waals surface area contributed by atoms with Crippen LogP contribution in [0.4, 0.5) is 0 Å². The molecule has 0 bridgehead atoms. The standard InChI is InChI=1S/C25H29NO2/c1-16-18-9-7-8-10-21(18)26-15-25(5,14-22(27)28-6)20-13-17(24(2,3)4)11-12-19(20)23(16)26/h7-13H,14-15H2,1-6H3. The highest BCUT2D eigenvalue weighted by atomic mass is 16.5. The summed E-state index contributed by atoms with van der Waals surface area (Å²) in [5.41, 5.74) is 7.34. The fraction of sp³-hybridized carbons (Fsp3) is 0.400. The lowest BCUT2D eigenvalue weighted by molar-refractivity contribution is -0.142. The van der Waals surface area contributed by atoms with Gasteiger partial charge in [0.2, 0.25) is 0 Å². The zero-order valence-electron chi connectivity index (χ0n) is 17.7. The number of hydrogen-bond acceptors (Lipinski definition) is 2. The van der Waals surface area contributed by atoms with Gasteiger partial charge in [0.05, 0.1) is 19.2 Å². The van der Waals surface area contributed by atoms with E-state index in [1.165, 1.54) is 46.0 Å². The lowest BCUT2D eigenvalue weighted by atomic mass is 9.72. The number of nitrogens with zero attached hydrogens (tertiary/aromatic N) is 1. The van der Waals surface area contributed by atoms with Crippen molar-refractivity contribution in [2.24, 2.45) is 0 Å². The first-order valence-corrected chi connectivity index (χ1v) is 9.96. The van der Waals surface area contributed by atoms with Crippen molar-refractivity contribution >= 4 is 16.9 Å². The Morgan fingerprint density at radius 1 is 1.18 bits per heavy atom. The third-order valence-electron chi connectivity index (χ3n) is 6.28. The van der Waals surface area contributed by atoms with E-state index in [-0.39, 0.29) is 16.8 Å². The minimum absolute atomic E-state index is 0.0560. The monoisotopic (exact) mass is 375 g/mol. The molecule has 2 aromatic carbocycles. The van der Waals surface area contributed by atoms with E-state index in [0.717, 1.165) is 6.54 Å². The molecule has 1 unspecified atom stereocenters. The summed E-state index contributed by atoms with van der Waals surface area (Å²) in [6.07, 6.45) is 0.370. The van der Waals surface area contributed by atoms with Gasteiger partial charge in [-0.2, -0.15) is 0 Å². The van der Waals surface area contributed by atoms with Crippen LogP contribution in [0.3, 0.4) is 0 Å². The number of esters is 1. The first-order valence-electron chi connectivity index (χ1n) is 9.96. The van der Waals surface area contributed by atoms with Gasteiger partial charge in [-0.25, -0.2) is 0 Å². The molecular formula is C25H29NO2. The third-order valence-corrected chi connectivity index (χ3v) is 6.28. The number of benzene rings is 2. The summed E-state index contributed by atoms with van der Waals surface area (Å²) >= 11 is 0. The van der Waals surface area contributed by atoms with Crippen LogP contribution in [0.2, 0.25) is 0 Å². The van der Waals surface area contributed by atoms with Gasteiger partial charge < -0.3 is 9.30 Å². The molecule has 3 aromatic rings. The number of aromatic nitrogens is 1. The number of hydrogen-bond donors (Lipinski definition) is 0. The van der Waals surface area contributed by atoms with E-state index in [4.69, 9.17) is 4.74 Å². The zero-order valence-corrected chi connectivity index (χ0v) is 17.7. The van der Waals surface area contributed by atoms with Gasteiger partial charge in [-0.15, -0.1) is 0 Å². The summed E-state index contributed by atoms with van der Waals surface area (Å²) in [5.74, 6) is -0.161. The van der Waals surface area contributed by atoms with Crippen molar-refractivity contribution in [2.75, 3.05) is 7.11 Å². The molecule has 2 heterocycles. The van der Waals surface area contributed by atoms with Crippen LogP contribution >= 0.6 is 0 Å². The van der Waals surface area contributed by atoms with Gasteiger partial charge in [-0.3, -0.25) is 4.79 Å². The second-order valence-corrected chi connectivity index (χ2v) is 9.40. The van der Waals surface area contributed by atoms with Crippen LogP contribution in [0.1, 0.15) is 50.8 Å². The molecule has 0 saturated heterocycles. The minimum Gasteiger partial charge on any atom is -0.469 e. The Morgan fingerprint density at radius 3 is 2.57 bits per heavy atom. The number of rotatable bonds is 2. The highest BCUT2D eigenvalue weighted by molar-refractivity contribution is 5.93. The van der Waals surface area contributed by atoms with Crippen molar-refractivity contribution < 1.29 is 9.53 Å². The number of carbonyl (C=O) groups excluding carboxylic acids is 1. The molecule has 146 valence electrons. The Morgan fingerprint density at radius 2 is 1.89 bits per heavy atom. The van der Waals surface area contributed by atoms with Crippen LogP contribution in [0.5, 0.6) is 0 Å². The van der Waals surface area contributed by atoms with Gasteiger partial charge in [0.15, 0.2) is 0 Å². The predicted molar refractivity (Wildman–Crippen MR) is 115 cm³/mol. The highest BCUT2D eigenvalue weighted by Crippen LogP contribution is 2.47. The molecule has 1 aliphatic rings. The molecule has 0 amide bonds. The number of methoxy groups -OCH3 is 1. The number of ether oxygens (including phenoxy) is 1. The van der Waals surface area contributed by atoms with Crippen molar-refractivity contribution in [1.82, 2.24) is 4.57 Å². The molecule has 4 rings (SSSR count). The highest BCUT2D eigenvalue weighted by Gasteiger charge is 2.39. The summed E-state index contributed by atoms with van der Waals surface area (Å²) in [6, 6.07) is 15.4. The molecule has 0 saturated carbocycles. The fourth-order valence-corrected chi connectivity index (χ4v) is 4.68. The van der Waals surface area contributed by atoms with E-state index < -0.39 is 0 Å². The molecule has 3 heteroatoms. The second kappa shape index (κ2) is 6.23. The smallest absolute Gasteiger partial charge is 0.306 e. The number of para-hydroxylation sites is 1. The lowest BCUT2D eigenvalue weighted by Crippen LogP contribution is -2.36. The van der Waals surface area contributed by atoms with Crippen molar-refractivity contribution in [2.45, 2.75) is 58.4 Å². The lowest BCUT2D eigenvalue weighted by Gasteiger charge is -2.38. The van der Waals surface area contributed by atoms with Gasteiger partial charge in [-0.1, -0.05) is 64.1 Å². The van der Waals surface area contributed by atoms with Gasteiger partial charge >= 0.3 is 5.97 Å². The second-order valence-electron chi connectivity index (χ2n) is 9.40. The van der Waals surface area contributed by atoms with Gasteiger partial charge in [0, 0.05) is 28.4 Å². The molecule has 0 spiro atoms. The largest absolute Gasteiger partial charge is 0.469 e. The first-order chi connectivity index (χ1) is 13.2. The Labute approximate surface area is 167 Å². The SMILES string of the molecule is COC(=O)CC1(C)Cn2c(c(C)c3ccccc32)-c2ccc(C(C)(C)C)cc21. The topological polar surface area (TPSA) is 31.2 Å². The van der Waals surface area contributed by atoms with Crippen molar-refractivity contribution in [1.29, 1.82) is 0 Å². The van der Waals surface area contributed by atoms with Gasteiger partial charge in [0.1, 0.15) is 0 Å². The number of aryl methyl sites for hydroxylation is 1. The van der Waals surface area contributed by atoms with Crippen LogP contribution in [-0.4, -0.2) is 17.6 Å². The maximum absolute atomic E-state index is 12.3. The average Bonchev–Trinajstić information content (AvgIpc) is 2.93. The molecule has 0 radical (unpaired) electrons. The quantitative estimate of drug-likeness (QED) is 0.534. The van der Waals surface area contributed by atoms with E-state index >= 15 is 0 Å². The Hall–Kier alpha value is -2.55. The predicted octanol–water partition coefficient (Wildman–Crippen LogP) is 5.75. The molecule has 28 heavy (non-hydrogen) atoms. The summed E-state index contributed by atoms with van der Waals surface area (Å²) in [7, 11) is 1.47. The summed E-state index contributed by atoms with van der Waals surface area (Å²) in [4.78, 5) is 12.3. The fourth-order valence-electron chi connectivity index (χ4n) is 4.68. The molecule has 1 aromatic heterocycles. The summed E-state index contributed by atoms with van der Waals surface area (Å²) in [6.45, 7) is 11.9. The molecular weight excluding hydrogens is 346 g/mol. The van der Waals surface area contributed by atoms with Crippen LogP contribution < -0.4 is 0 Å². The minimum atomic E-state index is -0.315. The van der Waals surface area contributed by atoms with Crippen LogP contribution in [0.15, 0.2) is 42.5 Å². The first kappa shape index (κ1) is 18.8. The van der Waals surface area contributed by atoms with Crippen LogP contribution in [0, 0.1) is 6.92 Å². The van der Waals surface area contributed by atoms with E-state index in [2.05, 4.69) is 81.7 Å². The number of fused-ring (bicyclic) bond motifs is 5. The molecule has 0 aliphatic carbocycles. The number of carbonyl (C=O) groups is 1. The Kier molecular flexibility index (Phi) is 4.18. The van der Waals surface area contributed by atoms with Crippen LogP contribution in [-0.2, 0) is 26.9 Å². The molecule has 3 nitrogen and oxygen atoms in total. The molecule has 1 atom stereocenters. The normalized spacial score (nSPS) is 18.6. The molecule has 0 fully saturated rings. The maximum Gasteiger partial charge on any atom is 0.306 e. The zero-order chi connectivity index (χ0) is 20.3. The van der Waals surface area contributed by atoms with E-state index in [1.807, 2.05) is 0 Å². The summed E-state index contributed by atoms with van der Waals surface area (Å²) < 4.78 is 7.46. The molecule has 1 aliphatic heterocycles. The summed E-state index contributed by atoms with van der Waals surface area (Å²) in [5, 5.41) is 1.28. The Bertz CT molecular complexity index is 1080. The van der Waals surface area contributed by atoms with Gasteiger partial charge in [0.25, 0.3) is 0 Å².